The fourth-order valence-electron chi connectivity index (χ4n) is 1.59. The van der Waals surface area contributed by atoms with Crippen molar-refractivity contribution >= 4 is 11.8 Å². The van der Waals surface area contributed by atoms with E-state index in [2.05, 4.69) is 29.6 Å². The van der Waals surface area contributed by atoms with Gasteiger partial charge in [-0.15, -0.1) is 11.8 Å². The van der Waals surface area contributed by atoms with E-state index in [-0.39, 0.29) is 0 Å². The lowest BCUT2D eigenvalue weighted by molar-refractivity contribution is 0.591. The van der Waals surface area contributed by atoms with Gasteiger partial charge in [-0.1, -0.05) is 18.2 Å². The quantitative estimate of drug-likeness (QED) is 0.763. The molecule has 1 aliphatic rings. The van der Waals surface area contributed by atoms with Gasteiger partial charge in [-0.25, -0.2) is 0 Å². The molecule has 0 amide bonds. The molecule has 0 saturated carbocycles. The summed E-state index contributed by atoms with van der Waals surface area (Å²) in [5, 5.41) is 3.44. The van der Waals surface area contributed by atoms with Crippen molar-refractivity contribution in [3.05, 3.63) is 29.8 Å². The molecule has 0 aliphatic carbocycles. The number of benzene rings is 1. The van der Waals surface area contributed by atoms with E-state index in [9.17, 15) is 0 Å². The molecule has 0 saturated heterocycles. The fraction of sp³-hybridized carbons (Fsp3) is 0.400. The fourth-order valence-corrected chi connectivity index (χ4v) is 2.78. The van der Waals surface area contributed by atoms with Gasteiger partial charge in [0.2, 0.25) is 0 Å². The van der Waals surface area contributed by atoms with Crippen LogP contribution in [-0.2, 0) is 0 Å². The molecule has 0 radical (unpaired) electrons. The van der Waals surface area contributed by atoms with Crippen molar-refractivity contribution in [2.45, 2.75) is 10.9 Å². The minimum absolute atomic E-state index is 0.504. The summed E-state index contributed by atoms with van der Waals surface area (Å²) in [6, 6.07) is 9.08. The van der Waals surface area contributed by atoms with E-state index >= 15 is 0 Å². The second-order valence-electron chi connectivity index (χ2n) is 3.14. The van der Waals surface area contributed by atoms with Crippen molar-refractivity contribution in [2.75, 3.05) is 18.8 Å². The van der Waals surface area contributed by atoms with Gasteiger partial charge < -0.3 is 11.1 Å². The molecule has 1 unspecified atom stereocenters. The molecule has 0 spiro atoms. The van der Waals surface area contributed by atoms with Crippen LogP contribution in [0.4, 0.5) is 0 Å². The molecule has 13 heavy (non-hydrogen) atoms. The third-order valence-electron chi connectivity index (χ3n) is 2.24. The summed E-state index contributed by atoms with van der Waals surface area (Å²) in [6.07, 6.45) is 0. The Balaban J connectivity index is 2.09. The van der Waals surface area contributed by atoms with E-state index in [0.717, 1.165) is 12.3 Å². The maximum absolute atomic E-state index is 5.46. The molecule has 1 aliphatic heterocycles. The van der Waals surface area contributed by atoms with Crippen molar-refractivity contribution in [3.63, 3.8) is 0 Å². The number of nitrogens with one attached hydrogen (secondary N) is 1. The SMILES string of the molecule is NCCNC1CSc2ccccc21. The van der Waals surface area contributed by atoms with Gasteiger partial charge in [-0.05, 0) is 11.6 Å². The van der Waals surface area contributed by atoms with Gasteiger partial charge in [0.05, 0.1) is 0 Å². The van der Waals surface area contributed by atoms with E-state index in [4.69, 9.17) is 5.73 Å². The van der Waals surface area contributed by atoms with Crippen LogP contribution in [0.25, 0.3) is 0 Å². The number of hydrogen-bond acceptors (Lipinski definition) is 3. The second kappa shape index (κ2) is 4.13. The minimum atomic E-state index is 0.504. The lowest BCUT2D eigenvalue weighted by Crippen LogP contribution is -2.27. The molecule has 1 heterocycles. The highest BCUT2D eigenvalue weighted by molar-refractivity contribution is 7.99. The van der Waals surface area contributed by atoms with Crippen molar-refractivity contribution in [2.24, 2.45) is 5.73 Å². The summed E-state index contributed by atoms with van der Waals surface area (Å²) in [5.74, 6) is 1.14. The highest BCUT2D eigenvalue weighted by Crippen LogP contribution is 2.37. The van der Waals surface area contributed by atoms with Gasteiger partial charge in [-0.3, -0.25) is 0 Å². The Hall–Kier alpha value is -0.510. The van der Waals surface area contributed by atoms with Crippen LogP contribution in [0.1, 0.15) is 11.6 Å². The summed E-state index contributed by atoms with van der Waals surface area (Å²) < 4.78 is 0. The largest absolute Gasteiger partial charge is 0.329 e. The lowest BCUT2D eigenvalue weighted by atomic mass is 10.1. The number of nitrogens with two attached hydrogens (primary N) is 1. The Morgan fingerprint density at radius 3 is 3.15 bits per heavy atom. The number of fused-ring (bicyclic) bond motifs is 1. The maximum atomic E-state index is 5.46. The smallest absolute Gasteiger partial charge is 0.0426 e. The third kappa shape index (κ3) is 1.88. The monoisotopic (exact) mass is 194 g/mol. The van der Waals surface area contributed by atoms with Crippen molar-refractivity contribution in [1.29, 1.82) is 0 Å². The topological polar surface area (TPSA) is 38.0 Å². The first-order valence-corrected chi connectivity index (χ1v) is 5.55. The molecule has 2 nitrogen and oxygen atoms in total. The molecular weight excluding hydrogens is 180 g/mol. The molecule has 2 rings (SSSR count). The lowest BCUT2D eigenvalue weighted by Gasteiger charge is -2.11. The van der Waals surface area contributed by atoms with E-state index in [1.54, 1.807) is 0 Å². The first-order chi connectivity index (χ1) is 6.42. The van der Waals surface area contributed by atoms with E-state index in [1.807, 2.05) is 11.8 Å². The summed E-state index contributed by atoms with van der Waals surface area (Å²) in [5.41, 5.74) is 6.89. The van der Waals surface area contributed by atoms with Crippen molar-refractivity contribution in [3.8, 4) is 0 Å². The zero-order valence-corrected chi connectivity index (χ0v) is 8.31. The van der Waals surface area contributed by atoms with Gasteiger partial charge >= 0.3 is 0 Å². The van der Waals surface area contributed by atoms with Crippen molar-refractivity contribution in [1.82, 2.24) is 5.32 Å². The number of thioether (sulfide) groups is 1. The minimum Gasteiger partial charge on any atom is -0.329 e. The molecule has 0 bridgehead atoms. The Kier molecular flexibility index (Phi) is 2.88. The zero-order chi connectivity index (χ0) is 9.10. The Morgan fingerprint density at radius 1 is 1.46 bits per heavy atom. The van der Waals surface area contributed by atoms with Crippen molar-refractivity contribution < 1.29 is 0 Å². The Labute approximate surface area is 82.9 Å². The van der Waals surface area contributed by atoms with Gasteiger partial charge in [-0.2, -0.15) is 0 Å². The summed E-state index contributed by atoms with van der Waals surface area (Å²) in [4.78, 5) is 1.41. The van der Waals surface area contributed by atoms with Crippen LogP contribution >= 0.6 is 11.8 Å². The van der Waals surface area contributed by atoms with Crippen LogP contribution in [0.5, 0.6) is 0 Å². The van der Waals surface area contributed by atoms with Crippen LogP contribution in [0, 0.1) is 0 Å². The average molecular weight is 194 g/mol. The number of rotatable bonds is 3. The highest BCUT2D eigenvalue weighted by atomic mass is 32.2. The first kappa shape index (κ1) is 9.06. The van der Waals surface area contributed by atoms with E-state index in [0.29, 0.717) is 12.6 Å². The third-order valence-corrected chi connectivity index (χ3v) is 3.42. The zero-order valence-electron chi connectivity index (χ0n) is 7.49. The Morgan fingerprint density at radius 2 is 2.31 bits per heavy atom. The van der Waals surface area contributed by atoms with Crippen LogP contribution < -0.4 is 11.1 Å². The van der Waals surface area contributed by atoms with Crippen LogP contribution in [0.3, 0.4) is 0 Å². The van der Waals surface area contributed by atoms with E-state index in [1.165, 1.54) is 10.5 Å². The molecule has 1 aromatic rings. The standard InChI is InChI=1S/C10H14N2S/c11-5-6-12-9-7-13-10-4-2-1-3-8(9)10/h1-4,9,12H,5-7,11H2. The summed E-state index contributed by atoms with van der Waals surface area (Å²) >= 11 is 1.92. The number of hydrogen-bond donors (Lipinski definition) is 2. The highest BCUT2D eigenvalue weighted by Gasteiger charge is 2.21. The van der Waals surface area contributed by atoms with Gasteiger partial charge in [0.15, 0.2) is 0 Å². The average Bonchev–Trinajstić information content (AvgIpc) is 2.58. The predicted molar refractivity (Wildman–Crippen MR) is 57.0 cm³/mol. The van der Waals surface area contributed by atoms with Crippen LogP contribution in [0.2, 0.25) is 0 Å². The van der Waals surface area contributed by atoms with Gasteiger partial charge in [0.25, 0.3) is 0 Å². The van der Waals surface area contributed by atoms with Crippen LogP contribution in [0.15, 0.2) is 29.2 Å². The second-order valence-corrected chi connectivity index (χ2v) is 4.21. The summed E-state index contributed by atoms with van der Waals surface area (Å²) in [7, 11) is 0. The van der Waals surface area contributed by atoms with Crippen LogP contribution in [-0.4, -0.2) is 18.8 Å². The van der Waals surface area contributed by atoms with E-state index < -0.39 is 0 Å². The molecular formula is C10H14N2S. The molecule has 3 N–H and O–H groups in total. The van der Waals surface area contributed by atoms with Gasteiger partial charge in [0.1, 0.15) is 0 Å². The van der Waals surface area contributed by atoms with Gasteiger partial charge in [0, 0.05) is 29.8 Å². The maximum Gasteiger partial charge on any atom is 0.0426 e. The molecule has 70 valence electrons. The summed E-state index contributed by atoms with van der Waals surface area (Å²) in [6.45, 7) is 1.61. The Bertz CT molecular complexity index is 288. The first-order valence-electron chi connectivity index (χ1n) is 4.57. The normalized spacial score (nSPS) is 20.2. The predicted octanol–water partition coefficient (Wildman–Crippen LogP) is 1.38. The molecule has 0 fully saturated rings. The molecule has 3 heteroatoms. The molecule has 1 aromatic carbocycles. The molecule has 1 atom stereocenters. The molecule has 0 aromatic heterocycles.